The molecule has 0 saturated carbocycles. The number of hydrogen-bond donors (Lipinski definition) is 0. The van der Waals surface area contributed by atoms with Crippen LogP contribution in [0, 0.1) is 0 Å². The summed E-state index contributed by atoms with van der Waals surface area (Å²) >= 11 is 14.5. The Morgan fingerprint density at radius 1 is 0.389 bits per heavy atom. The molecule has 8 heteroatoms. The Bertz CT molecular complexity index is 256. The fourth-order valence-electron chi connectivity index (χ4n) is 3.91. The first-order chi connectivity index (χ1) is 7.50. The van der Waals surface area contributed by atoms with Gasteiger partial charge in [-0.3, -0.25) is 0 Å². The van der Waals surface area contributed by atoms with Crippen LogP contribution in [0.25, 0.3) is 0 Å². The third-order valence-corrected chi connectivity index (χ3v) is 170. The molecule has 0 bridgehead atoms. The van der Waals surface area contributed by atoms with Crippen LogP contribution in [-0.4, -0.2) is 41.3 Å². The summed E-state index contributed by atoms with van der Waals surface area (Å²) in [4.78, 5) is 0. The van der Waals surface area contributed by atoms with Crippen molar-refractivity contribution in [3.63, 3.8) is 0 Å². The molecular formula is C10H30Cl2Si6. The smallest absolute Gasteiger partial charge is 0.154 e. The minimum absolute atomic E-state index is 1.14. The van der Waals surface area contributed by atoms with Crippen LogP contribution in [-0.2, 0) is 0 Å². The fraction of sp³-hybridized carbons (Fsp3) is 1.00. The third-order valence-electron chi connectivity index (χ3n) is 7.82. The first-order valence-electron chi connectivity index (χ1n) is 6.88. The molecule has 0 N–H and O–H groups in total. The average molecular weight is 390 g/mol. The van der Waals surface area contributed by atoms with Gasteiger partial charge in [0.05, 0.1) is 14.2 Å². The Morgan fingerprint density at radius 3 is 0.778 bits per heavy atom. The van der Waals surface area contributed by atoms with Gasteiger partial charge in [-0.15, -0.1) is 0 Å². The van der Waals surface area contributed by atoms with Crippen molar-refractivity contribution in [1.29, 1.82) is 0 Å². The highest BCUT2D eigenvalue weighted by molar-refractivity contribution is 8.23. The highest BCUT2D eigenvalue weighted by Crippen LogP contribution is 2.54. The van der Waals surface area contributed by atoms with Crippen molar-refractivity contribution in [3.8, 4) is 0 Å². The van der Waals surface area contributed by atoms with Gasteiger partial charge in [0.25, 0.3) is 0 Å². The van der Waals surface area contributed by atoms with Gasteiger partial charge < -0.3 is 0 Å². The van der Waals surface area contributed by atoms with Crippen LogP contribution < -0.4 is 0 Å². The highest BCUT2D eigenvalue weighted by atomic mass is 35.7. The van der Waals surface area contributed by atoms with Gasteiger partial charge in [-0.25, -0.2) is 0 Å². The second kappa shape index (κ2) is 4.21. The molecule has 0 spiro atoms. The molecule has 0 unspecified atom stereocenters. The molecule has 0 aromatic carbocycles. The second-order valence-electron chi connectivity index (χ2n) is 8.70. The minimum Gasteiger partial charge on any atom is -0.154 e. The van der Waals surface area contributed by atoms with Gasteiger partial charge in [0, 0.05) is 21.3 Å². The monoisotopic (exact) mass is 388 g/mol. The normalized spacial score (nSPS) is 34.0. The second-order valence-corrected chi connectivity index (χ2v) is 84.9. The maximum Gasteiger partial charge on any atom is 0.221 e. The van der Waals surface area contributed by atoms with Gasteiger partial charge >= 0.3 is 0 Å². The molecule has 18 heavy (non-hydrogen) atoms. The van der Waals surface area contributed by atoms with E-state index in [9.17, 15) is 0 Å². The molecule has 0 aliphatic carbocycles. The largest absolute Gasteiger partial charge is 0.221 e. The van der Waals surface area contributed by atoms with E-state index in [1.165, 1.54) is 0 Å². The van der Waals surface area contributed by atoms with E-state index in [2.05, 4.69) is 65.5 Å². The predicted molar refractivity (Wildman–Crippen MR) is 105 cm³/mol. The molecule has 108 valence electrons. The maximum absolute atomic E-state index is 7.27. The summed E-state index contributed by atoms with van der Waals surface area (Å²) in [5, 5.41) is 0. The van der Waals surface area contributed by atoms with E-state index in [0.29, 0.717) is 0 Å². The first-order valence-corrected chi connectivity index (χ1v) is 31.9. The SMILES string of the molecule is C[Si]1(C)[Si](C)(C)[Si](C)(C)[Si](Cl)(Cl)[Si](C)(C)[Si]1(C)C. The summed E-state index contributed by atoms with van der Waals surface area (Å²) in [7, 11) is -6.48. The Labute approximate surface area is 128 Å². The van der Waals surface area contributed by atoms with E-state index in [1.54, 1.807) is 0 Å². The summed E-state index contributed by atoms with van der Waals surface area (Å²) in [5.41, 5.74) is -2.02. The van der Waals surface area contributed by atoms with Crippen molar-refractivity contribution in [3.05, 3.63) is 0 Å². The molecule has 1 fully saturated rings. The van der Waals surface area contributed by atoms with Crippen molar-refractivity contribution in [2.24, 2.45) is 0 Å². The molecule has 0 aromatic heterocycles. The molecule has 0 radical (unpaired) electrons. The summed E-state index contributed by atoms with van der Waals surface area (Å²) in [6.45, 7) is 26.4. The summed E-state index contributed by atoms with van der Waals surface area (Å²) in [6, 6.07) is 0. The zero-order valence-electron chi connectivity index (χ0n) is 13.8. The Kier molecular flexibility index (Phi) is 4.19. The lowest BCUT2D eigenvalue weighted by atomic mass is 11.9. The molecule has 1 aliphatic heterocycles. The lowest BCUT2D eigenvalue weighted by Gasteiger charge is -2.69. The lowest BCUT2D eigenvalue weighted by Crippen LogP contribution is -2.99. The predicted octanol–water partition coefficient (Wildman–Crippen LogP) is 4.93. The van der Waals surface area contributed by atoms with E-state index in [0.717, 1.165) is 0 Å². The quantitative estimate of drug-likeness (QED) is 0.407. The number of rotatable bonds is 0. The van der Waals surface area contributed by atoms with Gasteiger partial charge in [0.1, 0.15) is 0 Å². The van der Waals surface area contributed by atoms with Gasteiger partial charge in [-0.2, -0.15) is 22.2 Å². The Hall–Kier alpha value is 1.88. The topological polar surface area (TPSA) is 0 Å². The van der Waals surface area contributed by atoms with Gasteiger partial charge in [0.2, 0.25) is 5.73 Å². The molecule has 0 amide bonds. The fourth-order valence-corrected chi connectivity index (χ4v) is 254. The van der Waals surface area contributed by atoms with E-state index in [-0.39, 0.29) is 0 Å². The number of hydrogen-bond acceptors (Lipinski definition) is 0. The van der Waals surface area contributed by atoms with E-state index in [1.807, 2.05) is 0 Å². The summed E-state index contributed by atoms with van der Waals surface area (Å²) in [5.74, 6) is 0. The molecule has 1 saturated heterocycles. The zero-order chi connectivity index (χ0) is 15.0. The van der Waals surface area contributed by atoms with Crippen molar-refractivity contribution in [2.75, 3.05) is 0 Å². The van der Waals surface area contributed by atoms with Gasteiger partial charge in [-0.05, 0) is 0 Å². The standard InChI is InChI=1S/C10H30Cl2Si6/c1-13(2)14(3,4)16(7,8)18(11,12)17(9,10)15(13,5)6/h1-10H3. The Balaban J connectivity index is 3.72. The molecule has 1 heterocycles. The van der Waals surface area contributed by atoms with Crippen molar-refractivity contribution in [2.45, 2.75) is 65.5 Å². The molecule has 0 aromatic rings. The maximum atomic E-state index is 7.27. The van der Waals surface area contributed by atoms with E-state index >= 15 is 0 Å². The average Bonchev–Trinajstić information content (AvgIpc) is 2.14. The van der Waals surface area contributed by atoms with Crippen molar-refractivity contribution in [1.82, 2.24) is 0 Å². The van der Waals surface area contributed by atoms with Gasteiger partial charge in [0.15, 0.2) is 0 Å². The Morgan fingerprint density at radius 2 is 0.556 bits per heavy atom. The van der Waals surface area contributed by atoms with Crippen LogP contribution in [0.5, 0.6) is 0 Å². The van der Waals surface area contributed by atoms with Crippen LogP contribution in [0.3, 0.4) is 0 Å². The van der Waals surface area contributed by atoms with Crippen LogP contribution in [0.1, 0.15) is 0 Å². The van der Waals surface area contributed by atoms with Gasteiger partial charge in [-0.1, -0.05) is 65.5 Å². The molecule has 1 rings (SSSR count). The third kappa shape index (κ3) is 1.63. The first kappa shape index (κ1) is 17.9. The zero-order valence-corrected chi connectivity index (χ0v) is 21.3. The van der Waals surface area contributed by atoms with Crippen LogP contribution in [0.4, 0.5) is 0 Å². The van der Waals surface area contributed by atoms with Crippen molar-refractivity contribution < 1.29 is 0 Å². The van der Waals surface area contributed by atoms with Crippen molar-refractivity contribution >= 4 is 63.4 Å². The molecule has 0 atom stereocenters. The summed E-state index contributed by atoms with van der Waals surface area (Å²) in [6.07, 6.45) is 0. The summed E-state index contributed by atoms with van der Waals surface area (Å²) < 4.78 is 0. The molecule has 1 aliphatic rings. The van der Waals surface area contributed by atoms with Crippen LogP contribution in [0.15, 0.2) is 0 Å². The minimum atomic E-state index is -2.02. The highest BCUT2D eigenvalue weighted by Gasteiger charge is 2.79. The van der Waals surface area contributed by atoms with E-state index in [4.69, 9.17) is 22.2 Å². The molecular weight excluding hydrogens is 360 g/mol. The van der Waals surface area contributed by atoms with Crippen LogP contribution >= 0.6 is 22.2 Å². The van der Waals surface area contributed by atoms with Crippen LogP contribution in [0.2, 0.25) is 65.5 Å². The lowest BCUT2D eigenvalue weighted by molar-refractivity contribution is 1.76. The van der Waals surface area contributed by atoms with E-state index < -0.39 is 41.3 Å². The molecule has 0 nitrogen and oxygen atoms in total. The number of halogens is 2.